The van der Waals surface area contributed by atoms with E-state index in [1.165, 1.54) is 32.0 Å². The van der Waals surface area contributed by atoms with Crippen LogP contribution in [0.5, 0.6) is 0 Å². The van der Waals surface area contributed by atoms with E-state index < -0.39 is 72.0 Å². The summed E-state index contributed by atoms with van der Waals surface area (Å²) in [6.07, 6.45) is -4.05. The van der Waals surface area contributed by atoms with Crippen molar-refractivity contribution >= 4 is 17.8 Å². The predicted molar refractivity (Wildman–Crippen MR) is 119 cm³/mol. The minimum absolute atomic E-state index is 0.122. The van der Waals surface area contributed by atoms with Crippen LogP contribution < -0.4 is 16.6 Å². The van der Waals surface area contributed by atoms with Crippen LogP contribution in [0.1, 0.15) is 18.1 Å². The first-order chi connectivity index (χ1) is 16.7. The zero-order chi connectivity index (χ0) is 27.3. The molecular weight excluding hydrogens is 489 g/mol. The molecule has 1 heterocycles. The van der Waals surface area contributed by atoms with E-state index in [0.29, 0.717) is 0 Å². The van der Waals surface area contributed by atoms with Gasteiger partial charge in [-0.1, -0.05) is 30.3 Å². The Hall–Kier alpha value is -3.94. The third-order valence-electron chi connectivity index (χ3n) is 5.25. The zero-order valence-corrected chi connectivity index (χ0v) is 19.6. The lowest BCUT2D eigenvalue weighted by molar-refractivity contribution is -0.266. The summed E-state index contributed by atoms with van der Waals surface area (Å²) in [5, 5.41) is 11.3. The highest BCUT2D eigenvalue weighted by Crippen LogP contribution is 2.42. The molecule has 196 valence electrons. The average Bonchev–Trinajstić information content (AvgIpc) is 2.77. The maximum atomic E-state index is 14.1. The molecule has 3 N–H and O–H groups in total. The molecule has 1 aromatic heterocycles. The topological polar surface area (TPSA) is 151 Å². The van der Waals surface area contributed by atoms with Gasteiger partial charge in [0.15, 0.2) is 0 Å². The van der Waals surface area contributed by atoms with Crippen molar-refractivity contribution in [3.05, 3.63) is 68.5 Å². The first-order valence-corrected chi connectivity index (χ1v) is 10.5. The summed E-state index contributed by atoms with van der Waals surface area (Å²) < 4.78 is 47.8. The molecule has 36 heavy (non-hydrogen) atoms. The third kappa shape index (κ3) is 6.19. The number of aliphatic carboxylic acids is 1. The normalized spacial score (nSPS) is 13.9. The van der Waals surface area contributed by atoms with E-state index in [2.05, 4.69) is 5.32 Å². The lowest BCUT2D eigenvalue weighted by atomic mass is 9.91. The number of H-pyrrole nitrogens is 1. The summed E-state index contributed by atoms with van der Waals surface area (Å²) in [5.41, 5.74) is -5.28. The number of carboxylic acid groups (broad SMARTS) is 1. The molecule has 0 unspecified atom stereocenters. The van der Waals surface area contributed by atoms with Crippen LogP contribution in [-0.4, -0.2) is 69.8 Å². The van der Waals surface area contributed by atoms with E-state index in [1.54, 1.807) is 0 Å². The maximum Gasteiger partial charge on any atom is 0.430 e. The number of hydrogen-bond acceptors (Lipinski definition) is 6. The highest BCUT2D eigenvalue weighted by Gasteiger charge is 2.62. The largest absolute Gasteiger partial charge is 0.480 e. The Labute approximate surface area is 202 Å². The van der Waals surface area contributed by atoms with Crippen LogP contribution in [0.4, 0.5) is 13.2 Å². The van der Waals surface area contributed by atoms with Crippen LogP contribution in [0.25, 0.3) is 0 Å². The van der Waals surface area contributed by atoms with E-state index >= 15 is 0 Å². The summed E-state index contributed by atoms with van der Waals surface area (Å²) in [7, 11) is 0.731. The van der Waals surface area contributed by atoms with E-state index in [0.717, 1.165) is 34.9 Å². The third-order valence-corrected chi connectivity index (χ3v) is 5.25. The van der Waals surface area contributed by atoms with Crippen molar-refractivity contribution in [3.63, 3.8) is 0 Å². The number of halogens is 3. The van der Waals surface area contributed by atoms with E-state index in [4.69, 9.17) is 4.74 Å². The number of aromatic amines is 1. The van der Waals surface area contributed by atoms with Crippen molar-refractivity contribution < 1.29 is 37.4 Å². The molecule has 0 saturated heterocycles. The van der Waals surface area contributed by atoms with Crippen LogP contribution in [0.15, 0.2) is 46.1 Å². The van der Waals surface area contributed by atoms with Crippen molar-refractivity contribution in [1.29, 1.82) is 0 Å². The standard InChI is InChI=1S/C22H25F3N4O7/c1-13-9-29(20(35)27-18(13)33)11-16(30)28(12-17(31)32)10-14(2)26-19(34)21(36-3,22(23,24)25)15-7-5-4-6-8-15/h4-9,14H,10-12H2,1-3H3,(H,26,34)(H,31,32)(H,27,33,35)/t14-,21-/m0/s1. The Morgan fingerprint density at radius 3 is 2.33 bits per heavy atom. The highest BCUT2D eigenvalue weighted by atomic mass is 19.4. The monoisotopic (exact) mass is 514 g/mol. The minimum atomic E-state index is -5.16. The maximum absolute atomic E-state index is 14.1. The summed E-state index contributed by atoms with van der Waals surface area (Å²) in [6.45, 7) is 0.655. The van der Waals surface area contributed by atoms with Crippen molar-refractivity contribution in [3.8, 4) is 0 Å². The van der Waals surface area contributed by atoms with Gasteiger partial charge in [0.05, 0.1) is 0 Å². The molecule has 2 amide bonds. The molecule has 2 atom stereocenters. The van der Waals surface area contributed by atoms with Gasteiger partial charge in [-0.25, -0.2) is 4.79 Å². The number of methoxy groups -OCH3 is 1. The number of rotatable bonds is 10. The van der Waals surface area contributed by atoms with Crippen LogP contribution in [0.3, 0.4) is 0 Å². The second-order valence-electron chi connectivity index (χ2n) is 7.99. The molecule has 0 bridgehead atoms. The predicted octanol–water partition coefficient (Wildman–Crippen LogP) is 0.367. The first kappa shape index (κ1) is 28.3. The minimum Gasteiger partial charge on any atom is -0.480 e. The molecular formula is C22H25F3N4O7. The van der Waals surface area contributed by atoms with E-state index in [-0.39, 0.29) is 5.56 Å². The number of carbonyl (C=O) groups is 3. The van der Waals surface area contributed by atoms with E-state index in [9.17, 15) is 42.3 Å². The molecule has 0 aliphatic rings. The Morgan fingerprint density at radius 2 is 1.81 bits per heavy atom. The SMILES string of the molecule is CO[C@](C(=O)N[C@@H](C)CN(CC(=O)O)C(=O)Cn1cc(C)c(=O)[nH]c1=O)(c1ccccc1)C(F)(F)F. The molecule has 0 aliphatic heterocycles. The van der Waals surface area contributed by atoms with Gasteiger partial charge in [0, 0.05) is 37.0 Å². The second kappa shape index (κ2) is 11.2. The number of aryl methyl sites for hydroxylation is 1. The van der Waals surface area contributed by atoms with Crippen LogP contribution >= 0.6 is 0 Å². The quantitative estimate of drug-likeness (QED) is 0.414. The number of alkyl halides is 3. The molecule has 2 rings (SSSR count). The zero-order valence-electron chi connectivity index (χ0n) is 19.6. The number of carbonyl (C=O) groups excluding carboxylic acids is 2. The van der Waals surface area contributed by atoms with Gasteiger partial charge in [-0.2, -0.15) is 13.2 Å². The van der Waals surface area contributed by atoms with Crippen molar-refractivity contribution in [2.75, 3.05) is 20.2 Å². The summed E-state index contributed by atoms with van der Waals surface area (Å²) in [6, 6.07) is 5.07. The summed E-state index contributed by atoms with van der Waals surface area (Å²) in [5.74, 6) is -3.88. The molecule has 0 spiro atoms. The lowest BCUT2D eigenvalue weighted by Gasteiger charge is -2.35. The summed E-state index contributed by atoms with van der Waals surface area (Å²) >= 11 is 0. The van der Waals surface area contributed by atoms with Gasteiger partial charge < -0.3 is 20.1 Å². The number of nitrogens with zero attached hydrogens (tertiary/aromatic N) is 2. The van der Waals surface area contributed by atoms with Crippen molar-refractivity contribution in [2.45, 2.75) is 38.2 Å². The van der Waals surface area contributed by atoms with Gasteiger partial charge >= 0.3 is 17.8 Å². The van der Waals surface area contributed by atoms with Crippen molar-refractivity contribution in [2.24, 2.45) is 0 Å². The molecule has 1 aromatic carbocycles. The van der Waals surface area contributed by atoms with E-state index in [1.807, 2.05) is 4.98 Å². The number of nitrogens with one attached hydrogen (secondary N) is 2. The second-order valence-corrected chi connectivity index (χ2v) is 7.99. The fourth-order valence-electron chi connectivity index (χ4n) is 3.52. The van der Waals surface area contributed by atoms with Gasteiger partial charge in [-0.3, -0.25) is 28.7 Å². The molecule has 0 aliphatic carbocycles. The fourth-order valence-corrected chi connectivity index (χ4v) is 3.52. The number of benzene rings is 1. The lowest BCUT2D eigenvalue weighted by Crippen LogP contribution is -2.58. The highest BCUT2D eigenvalue weighted by molar-refractivity contribution is 5.88. The van der Waals surface area contributed by atoms with Gasteiger partial charge in [-0.05, 0) is 13.8 Å². The van der Waals surface area contributed by atoms with Crippen molar-refractivity contribution in [1.82, 2.24) is 19.8 Å². The number of hydrogen-bond donors (Lipinski definition) is 3. The Morgan fingerprint density at radius 1 is 1.19 bits per heavy atom. The molecule has 11 nitrogen and oxygen atoms in total. The van der Waals surface area contributed by atoms with Gasteiger partial charge in [0.25, 0.3) is 17.1 Å². The summed E-state index contributed by atoms with van der Waals surface area (Å²) in [4.78, 5) is 63.1. The van der Waals surface area contributed by atoms with Gasteiger partial charge in [-0.15, -0.1) is 0 Å². The molecule has 14 heteroatoms. The van der Waals surface area contributed by atoms with Crippen LogP contribution in [-0.2, 0) is 31.3 Å². The number of aromatic nitrogens is 2. The Kier molecular flexibility index (Phi) is 8.80. The first-order valence-electron chi connectivity index (χ1n) is 10.5. The average molecular weight is 514 g/mol. The molecule has 0 saturated carbocycles. The molecule has 0 radical (unpaired) electrons. The fraction of sp³-hybridized carbons (Fsp3) is 0.409. The Bertz CT molecular complexity index is 1230. The number of amides is 2. The number of ether oxygens (including phenoxy) is 1. The molecule has 0 fully saturated rings. The molecule has 2 aromatic rings. The van der Waals surface area contributed by atoms with Crippen LogP contribution in [0, 0.1) is 6.92 Å². The van der Waals surface area contributed by atoms with Gasteiger partial charge in [0.1, 0.15) is 13.1 Å². The van der Waals surface area contributed by atoms with Crippen LogP contribution in [0.2, 0.25) is 0 Å². The van der Waals surface area contributed by atoms with Gasteiger partial charge in [0.2, 0.25) is 5.91 Å². The Balaban J connectivity index is 2.28. The smallest absolute Gasteiger partial charge is 0.430 e. The number of carboxylic acids is 1.